The molecule has 2 aromatic carbocycles. The van der Waals surface area contributed by atoms with Crippen molar-refractivity contribution in [3.05, 3.63) is 58.8 Å². The van der Waals surface area contributed by atoms with Crippen molar-refractivity contribution in [1.82, 2.24) is 9.78 Å². The summed E-state index contributed by atoms with van der Waals surface area (Å²) in [5, 5.41) is 10.2. The number of halogens is 1. The summed E-state index contributed by atoms with van der Waals surface area (Å²) in [5.41, 5.74) is 2.41. The van der Waals surface area contributed by atoms with Gasteiger partial charge in [0.25, 0.3) is 0 Å². The second kappa shape index (κ2) is 5.67. The van der Waals surface area contributed by atoms with E-state index in [4.69, 9.17) is 0 Å². The molecular formula is C16H16BrN3. The van der Waals surface area contributed by atoms with Crippen LogP contribution in [0.2, 0.25) is 0 Å². The SMILES string of the molecule is Cn1nccc1CCNc1ccc(Br)c2ccccc12. The standard InChI is InChI=1S/C16H16BrN3/c1-20-12(9-11-19-20)8-10-18-16-7-6-15(17)13-4-2-3-5-14(13)16/h2-7,9,11,18H,8,10H2,1H3. The molecule has 1 N–H and O–H groups in total. The lowest BCUT2D eigenvalue weighted by atomic mass is 10.1. The highest BCUT2D eigenvalue weighted by atomic mass is 79.9. The van der Waals surface area contributed by atoms with Crippen LogP contribution in [-0.4, -0.2) is 16.3 Å². The molecule has 102 valence electrons. The smallest absolute Gasteiger partial charge is 0.0492 e. The van der Waals surface area contributed by atoms with E-state index in [9.17, 15) is 0 Å². The third kappa shape index (κ3) is 2.56. The Morgan fingerprint density at radius 2 is 1.90 bits per heavy atom. The van der Waals surface area contributed by atoms with Crippen molar-refractivity contribution in [3.63, 3.8) is 0 Å². The number of aryl methyl sites for hydroxylation is 1. The van der Waals surface area contributed by atoms with Crippen LogP contribution in [-0.2, 0) is 13.5 Å². The second-order valence-corrected chi connectivity index (χ2v) is 5.62. The number of nitrogens with one attached hydrogen (secondary N) is 1. The van der Waals surface area contributed by atoms with Crippen LogP contribution in [0.3, 0.4) is 0 Å². The first-order valence-electron chi connectivity index (χ1n) is 6.64. The number of hydrogen-bond acceptors (Lipinski definition) is 2. The number of aromatic nitrogens is 2. The van der Waals surface area contributed by atoms with Gasteiger partial charge in [0.1, 0.15) is 0 Å². The van der Waals surface area contributed by atoms with E-state index < -0.39 is 0 Å². The van der Waals surface area contributed by atoms with Crippen molar-refractivity contribution in [2.75, 3.05) is 11.9 Å². The summed E-state index contributed by atoms with van der Waals surface area (Å²) in [6, 6.07) is 14.7. The summed E-state index contributed by atoms with van der Waals surface area (Å²) in [5.74, 6) is 0. The van der Waals surface area contributed by atoms with Crippen LogP contribution in [0.1, 0.15) is 5.69 Å². The first kappa shape index (κ1) is 13.2. The Morgan fingerprint density at radius 1 is 1.10 bits per heavy atom. The molecule has 3 rings (SSSR count). The molecule has 0 saturated heterocycles. The zero-order valence-electron chi connectivity index (χ0n) is 11.3. The first-order valence-corrected chi connectivity index (χ1v) is 7.43. The predicted molar refractivity (Wildman–Crippen MR) is 87.0 cm³/mol. The lowest BCUT2D eigenvalue weighted by molar-refractivity contribution is 0.711. The molecule has 0 aliphatic carbocycles. The minimum absolute atomic E-state index is 0.894. The van der Waals surface area contributed by atoms with Gasteiger partial charge in [-0.15, -0.1) is 0 Å². The monoisotopic (exact) mass is 329 g/mol. The van der Waals surface area contributed by atoms with Gasteiger partial charge in [0.2, 0.25) is 0 Å². The highest BCUT2D eigenvalue weighted by molar-refractivity contribution is 9.10. The third-order valence-corrected chi connectivity index (χ3v) is 4.18. The maximum atomic E-state index is 4.19. The lowest BCUT2D eigenvalue weighted by Gasteiger charge is -2.11. The number of rotatable bonds is 4. The Morgan fingerprint density at radius 3 is 2.65 bits per heavy atom. The topological polar surface area (TPSA) is 29.9 Å². The minimum atomic E-state index is 0.894. The second-order valence-electron chi connectivity index (χ2n) is 4.76. The first-order chi connectivity index (χ1) is 9.75. The molecular weight excluding hydrogens is 314 g/mol. The molecule has 1 heterocycles. The molecule has 0 amide bonds. The quantitative estimate of drug-likeness (QED) is 0.784. The Hall–Kier alpha value is -1.81. The fourth-order valence-electron chi connectivity index (χ4n) is 2.39. The molecule has 0 spiro atoms. The number of benzene rings is 2. The van der Waals surface area contributed by atoms with Crippen LogP contribution in [0.25, 0.3) is 10.8 Å². The highest BCUT2D eigenvalue weighted by Gasteiger charge is 2.04. The maximum absolute atomic E-state index is 4.19. The molecule has 0 unspecified atom stereocenters. The van der Waals surface area contributed by atoms with E-state index in [0.29, 0.717) is 0 Å². The van der Waals surface area contributed by atoms with Crippen molar-refractivity contribution < 1.29 is 0 Å². The van der Waals surface area contributed by atoms with E-state index in [1.165, 1.54) is 22.2 Å². The van der Waals surface area contributed by atoms with Crippen LogP contribution < -0.4 is 5.32 Å². The number of hydrogen-bond donors (Lipinski definition) is 1. The molecule has 4 heteroatoms. The van der Waals surface area contributed by atoms with E-state index in [1.54, 1.807) is 0 Å². The number of anilines is 1. The Labute approximate surface area is 126 Å². The van der Waals surface area contributed by atoms with Gasteiger partial charge in [-0.3, -0.25) is 4.68 Å². The summed E-state index contributed by atoms with van der Waals surface area (Å²) in [4.78, 5) is 0. The molecule has 0 aliphatic heterocycles. The lowest BCUT2D eigenvalue weighted by Crippen LogP contribution is -2.08. The van der Waals surface area contributed by atoms with Gasteiger partial charge in [0.15, 0.2) is 0 Å². The van der Waals surface area contributed by atoms with Gasteiger partial charge in [0.05, 0.1) is 0 Å². The van der Waals surface area contributed by atoms with Crippen LogP contribution in [0, 0.1) is 0 Å². The molecule has 0 atom stereocenters. The summed E-state index contributed by atoms with van der Waals surface area (Å²) in [6.45, 7) is 0.894. The molecule has 3 aromatic rings. The van der Waals surface area contributed by atoms with Crippen LogP contribution in [0.15, 0.2) is 53.1 Å². The molecule has 0 fully saturated rings. The fraction of sp³-hybridized carbons (Fsp3) is 0.188. The van der Waals surface area contributed by atoms with Gasteiger partial charge >= 0.3 is 0 Å². The molecule has 0 aliphatic rings. The van der Waals surface area contributed by atoms with E-state index in [0.717, 1.165) is 17.4 Å². The van der Waals surface area contributed by atoms with Crippen molar-refractivity contribution in [2.45, 2.75) is 6.42 Å². The Bertz CT molecular complexity index is 733. The summed E-state index contributed by atoms with van der Waals surface area (Å²) < 4.78 is 3.05. The largest absolute Gasteiger partial charge is 0.384 e. The van der Waals surface area contributed by atoms with Gasteiger partial charge in [-0.1, -0.05) is 40.2 Å². The van der Waals surface area contributed by atoms with Crippen molar-refractivity contribution in [3.8, 4) is 0 Å². The normalized spacial score (nSPS) is 10.9. The van der Waals surface area contributed by atoms with Crippen molar-refractivity contribution >= 4 is 32.4 Å². The van der Waals surface area contributed by atoms with E-state index >= 15 is 0 Å². The molecule has 20 heavy (non-hydrogen) atoms. The van der Waals surface area contributed by atoms with Gasteiger partial charge in [-0.2, -0.15) is 5.10 Å². The van der Waals surface area contributed by atoms with Gasteiger partial charge in [0, 0.05) is 47.5 Å². The van der Waals surface area contributed by atoms with Crippen molar-refractivity contribution in [2.24, 2.45) is 7.05 Å². The molecule has 0 bridgehead atoms. The fourth-order valence-corrected chi connectivity index (χ4v) is 2.87. The average molecular weight is 330 g/mol. The number of fused-ring (bicyclic) bond motifs is 1. The van der Waals surface area contributed by atoms with Gasteiger partial charge in [-0.05, 0) is 23.6 Å². The summed E-state index contributed by atoms with van der Waals surface area (Å²) in [6.07, 6.45) is 2.80. The Balaban J connectivity index is 1.78. The maximum Gasteiger partial charge on any atom is 0.0492 e. The Kier molecular flexibility index (Phi) is 3.74. The van der Waals surface area contributed by atoms with Gasteiger partial charge in [-0.25, -0.2) is 0 Å². The molecule has 1 aromatic heterocycles. The van der Waals surface area contributed by atoms with Crippen LogP contribution in [0.5, 0.6) is 0 Å². The zero-order valence-corrected chi connectivity index (χ0v) is 12.9. The molecule has 0 saturated carbocycles. The zero-order chi connectivity index (χ0) is 13.9. The minimum Gasteiger partial charge on any atom is -0.384 e. The number of nitrogens with zero attached hydrogens (tertiary/aromatic N) is 2. The molecule has 0 radical (unpaired) electrons. The van der Waals surface area contributed by atoms with Crippen molar-refractivity contribution in [1.29, 1.82) is 0 Å². The van der Waals surface area contributed by atoms with E-state index in [-0.39, 0.29) is 0 Å². The summed E-state index contributed by atoms with van der Waals surface area (Å²) >= 11 is 3.60. The van der Waals surface area contributed by atoms with E-state index in [2.05, 4.69) is 68.8 Å². The van der Waals surface area contributed by atoms with Gasteiger partial charge < -0.3 is 5.32 Å². The summed E-state index contributed by atoms with van der Waals surface area (Å²) in [7, 11) is 1.98. The van der Waals surface area contributed by atoms with E-state index in [1.807, 2.05) is 17.9 Å². The average Bonchev–Trinajstić information content (AvgIpc) is 2.87. The predicted octanol–water partition coefficient (Wildman–Crippen LogP) is 3.99. The third-order valence-electron chi connectivity index (χ3n) is 3.49. The highest BCUT2D eigenvalue weighted by Crippen LogP contribution is 2.29. The molecule has 3 nitrogen and oxygen atoms in total. The van der Waals surface area contributed by atoms with Crippen LogP contribution >= 0.6 is 15.9 Å². The van der Waals surface area contributed by atoms with Crippen LogP contribution in [0.4, 0.5) is 5.69 Å².